The average Bonchev–Trinajstić information content (AvgIpc) is 2.97. The summed E-state index contributed by atoms with van der Waals surface area (Å²) in [5.41, 5.74) is 4.61. The van der Waals surface area contributed by atoms with Gasteiger partial charge < -0.3 is 14.5 Å². The molecule has 1 atom stereocenters. The quantitative estimate of drug-likeness (QED) is 0.835. The molecule has 0 aliphatic carbocycles. The van der Waals surface area contributed by atoms with E-state index in [1.54, 1.807) is 7.11 Å². The first-order valence-electron chi connectivity index (χ1n) is 9.08. The summed E-state index contributed by atoms with van der Waals surface area (Å²) in [7, 11) is 5.76. The van der Waals surface area contributed by atoms with Gasteiger partial charge in [-0.2, -0.15) is 4.99 Å². The normalized spacial score (nSPS) is 18.1. The van der Waals surface area contributed by atoms with Crippen molar-refractivity contribution in [2.75, 3.05) is 31.0 Å². The second kappa shape index (κ2) is 6.61. The molecule has 2 aliphatic rings. The third kappa shape index (κ3) is 2.91. The molecular weight excluding hydrogens is 340 g/mol. The fraction of sp³-hybridized carbons (Fsp3) is 0.333. The number of hydrogen-bond donors (Lipinski definition) is 0. The third-order valence-electron chi connectivity index (χ3n) is 5.20. The van der Waals surface area contributed by atoms with Gasteiger partial charge in [0.05, 0.1) is 19.3 Å². The van der Waals surface area contributed by atoms with E-state index in [1.165, 1.54) is 5.56 Å². The molecular formula is C21H24N4O2. The number of hydrogen-bond acceptors (Lipinski definition) is 5. The molecule has 0 saturated heterocycles. The molecule has 0 aromatic heterocycles. The molecule has 0 bridgehead atoms. The molecule has 140 valence electrons. The number of benzene rings is 2. The van der Waals surface area contributed by atoms with Crippen LogP contribution in [0.3, 0.4) is 0 Å². The second-order valence-corrected chi connectivity index (χ2v) is 7.17. The number of carbonyl (C=O) groups is 1. The summed E-state index contributed by atoms with van der Waals surface area (Å²) < 4.78 is 5.25. The fourth-order valence-electron chi connectivity index (χ4n) is 3.78. The number of methoxy groups -OCH3 is 1. The van der Waals surface area contributed by atoms with Gasteiger partial charge in [0, 0.05) is 31.9 Å². The highest BCUT2D eigenvalue weighted by atomic mass is 16.5. The SMILES string of the molecule is COc1ccc(CN2Cc3c(N(C)C)cccc3N3C2=NC(=O)C3C)cc1. The molecule has 6 nitrogen and oxygen atoms in total. The molecule has 1 unspecified atom stereocenters. The van der Waals surface area contributed by atoms with Gasteiger partial charge in [-0.1, -0.05) is 18.2 Å². The molecule has 2 aromatic rings. The summed E-state index contributed by atoms with van der Waals surface area (Å²) in [5, 5.41) is 0. The minimum Gasteiger partial charge on any atom is -0.497 e. The topological polar surface area (TPSA) is 48.4 Å². The van der Waals surface area contributed by atoms with Crippen LogP contribution in [0.15, 0.2) is 47.5 Å². The van der Waals surface area contributed by atoms with Crippen LogP contribution in [0.5, 0.6) is 5.75 Å². The number of amides is 1. The molecule has 0 fully saturated rings. The minimum absolute atomic E-state index is 0.0900. The number of nitrogens with zero attached hydrogens (tertiary/aromatic N) is 4. The predicted molar refractivity (Wildman–Crippen MR) is 107 cm³/mol. The molecule has 2 aliphatic heterocycles. The van der Waals surface area contributed by atoms with E-state index in [0.717, 1.165) is 28.6 Å². The van der Waals surface area contributed by atoms with Crippen LogP contribution in [0, 0.1) is 0 Å². The van der Waals surface area contributed by atoms with E-state index in [0.29, 0.717) is 13.1 Å². The van der Waals surface area contributed by atoms with E-state index in [2.05, 4.69) is 44.0 Å². The lowest BCUT2D eigenvalue weighted by Gasteiger charge is -2.40. The first-order chi connectivity index (χ1) is 13.0. The molecule has 6 heteroatoms. The van der Waals surface area contributed by atoms with Crippen molar-refractivity contribution < 1.29 is 9.53 Å². The van der Waals surface area contributed by atoms with E-state index in [4.69, 9.17) is 4.74 Å². The van der Waals surface area contributed by atoms with Crippen molar-refractivity contribution in [2.24, 2.45) is 4.99 Å². The molecule has 0 radical (unpaired) electrons. The van der Waals surface area contributed by atoms with Crippen LogP contribution in [-0.4, -0.2) is 44.0 Å². The Kier molecular flexibility index (Phi) is 4.26. The van der Waals surface area contributed by atoms with E-state index >= 15 is 0 Å². The highest BCUT2D eigenvalue weighted by Crippen LogP contribution is 2.38. The highest BCUT2D eigenvalue weighted by molar-refractivity contribution is 6.14. The number of anilines is 2. The van der Waals surface area contributed by atoms with Crippen LogP contribution in [0.1, 0.15) is 18.1 Å². The van der Waals surface area contributed by atoms with Crippen molar-refractivity contribution in [1.29, 1.82) is 0 Å². The van der Waals surface area contributed by atoms with Gasteiger partial charge in [0.15, 0.2) is 0 Å². The Morgan fingerprint density at radius 2 is 1.93 bits per heavy atom. The van der Waals surface area contributed by atoms with E-state index in [1.807, 2.05) is 39.2 Å². The highest BCUT2D eigenvalue weighted by Gasteiger charge is 2.40. The number of carbonyl (C=O) groups excluding carboxylic acids is 1. The minimum atomic E-state index is -0.283. The van der Waals surface area contributed by atoms with Gasteiger partial charge in [-0.25, -0.2) is 0 Å². The third-order valence-corrected chi connectivity index (χ3v) is 5.20. The Bertz CT molecular complexity index is 905. The predicted octanol–water partition coefficient (Wildman–Crippen LogP) is 2.87. The van der Waals surface area contributed by atoms with Crippen molar-refractivity contribution in [2.45, 2.75) is 26.1 Å². The Hall–Kier alpha value is -3.02. The lowest BCUT2D eigenvalue weighted by Crippen LogP contribution is -2.49. The van der Waals surface area contributed by atoms with Crippen molar-refractivity contribution in [1.82, 2.24) is 4.90 Å². The Morgan fingerprint density at radius 1 is 1.19 bits per heavy atom. The van der Waals surface area contributed by atoms with Crippen LogP contribution >= 0.6 is 0 Å². The lowest BCUT2D eigenvalue weighted by atomic mass is 10.0. The molecule has 0 N–H and O–H groups in total. The van der Waals surface area contributed by atoms with Crippen molar-refractivity contribution in [3.05, 3.63) is 53.6 Å². The maximum atomic E-state index is 12.4. The number of ether oxygens (including phenoxy) is 1. The number of guanidine groups is 1. The van der Waals surface area contributed by atoms with Crippen LogP contribution in [0.2, 0.25) is 0 Å². The van der Waals surface area contributed by atoms with E-state index < -0.39 is 0 Å². The van der Waals surface area contributed by atoms with Gasteiger partial charge in [-0.3, -0.25) is 9.69 Å². The van der Waals surface area contributed by atoms with Crippen LogP contribution in [-0.2, 0) is 17.9 Å². The Labute approximate surface area is 159 Å². The van der Waals surface area contributed by atoms with Crippen molar-refractivity contribution in [3.63, 3.8) is 0 Å². The molecule has 4 rings (SSSR count). The summed E-state index contributed by atoms with van der Waals surface area (Å²) in [6.45, 7) is 3.31. The van der Waals surface area contributed by atoms with Crippen molar-refractivity contribution in [3.8, 4) is 5.75 Å². The molecule has 0 spiro atoms. The zero-order valence-corrected chi connectivity index (χ0v) is 16.1. The zero-order chi connectivity index (χ0) is 19.1. The molecule has 27 heavy (non-hydrogen) atoms. The number of fused-ring (bicyclic) bond motifs is 3. The maximum Gasteiger partial charge on any atom is 0.271 e. The lowest BCUT2D eigenvalue weighted by molar-refractivity contribution is -0.117. The largest absolute Gasteiger partial charge is 0.497 e. The van der Waals surface area contributed by atoms with Gasteiger partial charge in [0.25, 0.3) is 5.91 Å². The molecule has 0 saturated carbocycles. The van der Waals surface area contributed by atoms with E-state index in [9.17, 15) is 4.79 Å². The summed E-state index contributed by atoms with van der Waals surface area (Å²) >= 11 is 0. The number of aliphatic imine (C=N–C) groups is 1. The summed E-state index contributed by atoms with van der Waals surface area (Å²) in [6, 6.07) is 14.0. The fourth-order valence-corrected chi connectivity index (χ4v) is 3.78. The molecule has 2 aromatic carbocycles. The van der Waals surface area contributed by atoms with Crippen LogP contribution < -0.4 is 14.5 Å². The second-order valence-electron chi connectivity index (χ2n) is 7.17. The molecule has 2 heterocycles. The summed E-state index contributed by atoms with van der Waals surface area (Å²) in [5.74, 6) is 1.49. The standard InChI is InChI=1S/C21H24N4O2/c1-14-20(26)22-21-24(12-15-8-10-16(27-4)11-9-15)13-17-18(23(2)3)6-5-7-19(17)25(14)21/h5-11,14H,12-13H2,1-4H3. The Balaban J connectivity index is 1.74. The van der Waals surface area contributed by atoms with Gasteiger partial charge in [0.2, 0.25) is 5.96 Å². The van der Waals surface area contributed by atoms with Crippen LogP contribution in [0.4, 0.5) is 11.4 Å². The molecule has 1 amide bonds. The van der Waals surface area contributed by atoms with Gasteiger partial charge >= 0.3 is 0 Å². The summed E-state index contributed by atoms with van der Waals surface area (Å²) in [6.07, 6.45) is 0. The van der Waals surface area contributed by atoms with E-state index in [-0.39, 0.29) is 11.9 Å². The van der Waals surface area contributed by atoms with Gasteiger partial charge in [-0.15, -0.1) is 0 Å². The number of rotatable bonds is 4. The first kappa shape index (κ1) is 17.4. The average molecular weight is 364 g/mol. The van der Waals surface area contributed by atoms with Crippen molar-refractivity contribution >= 4 is 23.2 Å². The smallest absolute Gasteiger partial charge is 0.271 e. The van der Waals surface area contributed by atoms with Crippen LogP contribution in [0.25, 0.3) is 0 Å². The zero-order valence-electron chi connectivity index (χ0n) is 16.1. The maximum absolute atomic E-state index is 12.4. The monoisotopic (exact) mass is 364 g/mol. The van der Waals surface area contributed by atoms with Gasteiger partial charge in [-0.05, 0) is 36.8 Å². The van der Waals surface area contributed by atoms with Gasteiger partial charge in [0.1, 0.15) is 11.8 Å². The first-order valence-corrected chi connectivity index (χ1v) is 9.08. The Morgan fingerprint density at radius 3 is 2.59 bits per heavy atom. The summed E-state index contributed by atoms with van der Waals surface area (Å²) in [4.78, 5) is 23.1.